The van der Waals surface area contributed by atoms with Crippen LogP contribution in [0.5, 0.6) is 17.2 Å². The average Bonchev–Trinajstić information content (AvgIpc) is 3.69. The quantitative estimate of drug-likeness (QED) is 0.164. The van der Waals surface area contributed by atoms with Crippen molar-refractivity contribution in [2.45, 2.75) is 31.8 Å². The van der Waals surface area contributed by atoms with Crippen molar-refractivity contribution in [2.75, 3.05) is 43.1 Å². The van der Waals surface area contributed by atoms with Crippen molar-refractivity contribution in [3.05, 3.63) is 89.5 Å². The molecule has 4 heterocycles. The minimum atomic E-state index is -3.62. The van der Waals surface area contributed by atoms with Crippen LogP contribution >= 0.6 is 0 Å². The summed E-state index contributed by atoms with van der Waals surface area (Å²) in [5.41, 5.74) is 9.04. The van der Waals surface area contributed by atoms with E-state index in [2.05, 4.69) is 19.7 Å². The first-order valence-corrected chi connectivity index (χ1v) is 17.5. The molecule has 2 saturated heterocycles. The number of sulfonamides is 1. The molecule has 14 heteroatoms. The highest BCUT2D eigenvalue weighted by atomic mass is 32.2. The van der Waals surface area contributed by atoms with Crippen LogP contribution in [0, 0.1) is 12.7 Å². The molecule has 0 spiro atoms. The summed E-state index contributed by atoms with van der Waals surface area (Å²) < 4.78 is 60.0. The molecule has 0 amide bonds. The van der Waals surface area contributed by atoms with Gasteiger partial charge in [-0.15, -0.1) is 0 Å². The van der Waals surface area contributed by atoms with Gasteiger partial charge in [-0.2, -0.15) is 5.10 Å². The molecule has 12 nitrogen and oxygen atoms in total. The molecule has 0 saturated carbocycles. The lowest BCUT2D eigenvalue weighted by molar-refractivity contribution is -0.0190. The number of morpholine rings is 1. The average molecular weight is 675 g/mol. The van der Waals surface area contributed by atoms with E-state index in [9.17, 15) is 17.6 Å². The van der Waals surface area contributed by atoms with Gasteiger partial charge in [0.15, 0.2) is 11.6 Å². The molecule has 2 atom stereocenters. The number of nitrogen functional groups attached to an aromatic ring is 1. The fourth-order valence-corrected chi connectivity index (χ4v) is 7.03. The number of aromatic nitrogens is 3. The monoisotopic (exact) mass is 674 g/mol. The molecular weight excluding hydrogens is 639 g/mol. The number of halogens is 1. The molecule has 250 valence electrons. The summed E-state index contributed by atoms with van der Waals surface area (Å²) in [6.45, 7) is 4.31. The second kappa shape index (κ2) is 12.6. The van der Waals surface area contributed by atoms with Crippen molar-refractivity contribution in [1.29, 1.82) is 0 Å². The van der Waals surface area contributed by atoms with Crippen LogP contribution in [0.1, 0.15) is 34.5 Å². The van der Waals surface area contributed by atoms with E-state index in [1.807, 2.05) is 6.92 Å². The second-order valence-electron chi connectivity index (χ2n) is 12.2. The Hall–Kier alpha value is -4.92. The molecule has 0 unspecified atom stereocenters. The lowest BCUT2D eigenvalue weighted by Crippen LogP contribution is -2.47. The van der Waals surface area contributed by atoms with Gasteiger partial charge in [0.1, 0.15) is 23.9 Å². The van der Waals surface area contributed by atoms with Gasteiger partial charge in [-0.1, -0.05) is 12.1 Å². The van der Waals surface area contributed by atoms with E-state index in [0.717, 1.165) is 24.7 Å². The van der Waals surface area contributed by atoms with Crippen molar-refractivity contribution < 1.29 is 31.8 Å². The van der Waals surface area contributed by atoms with Crippen molar-refractivity contribution in [2.24, 2.45) is 0 Å². The second-order valence-corrected chi connectivity index (χ2v) is 13.9. The number of nitrogens with one attached hydrogen (secondary N) is 2. The van der Waals surface area contributed by atoms with E-state index >= 15 is 0 Å². The van der Waals surface area contributed by atoms with Gasteiger partial charge in [-0.25, -0.2) is 17.5 Å². The number of ketones is 1. The van der Waals surface area contributed by atoms with Gasteiger partial charge in [0, 0.05) is 29.5 Å². The third-order valence-corrected chi connectivity index (χ3v) is 9.36. The number of nitrogens with zero attached hydrogens (tertiary/aromatic N) is 3. The standard InChI is InChI=1S/C34H35FN6O6S/c1-20-13-24(47-31-6-4-3-5-26(31)35)9-10-30(20)41-34(36)25(17-37-41)33(42)29-14-21-15-32(28(16-27(21)38-29)39-48(2,43)44)46-12-11-40-22-7-8-23(40)19-45-18-22/h3-6,9-10,13-17,22-23,38-39H,7-8,11-12,18-19,36H2,1-2H3/t22-,23+. The number of para-hydroxylation sites is 1. The molecular formula is C34H35FN6O6S. The van der Waals surface area contributed by atoms with Crippen LogP contribution in [0.15, 0.2) is 66.9 Å². The van der Waals surface area contributed by atoms with Crippen LogP contribution in [0.3, 0.4) is 0 Å². The maximum Gasteiger partial charge on any atom is 0.229 e. The minimum absolute atomic E-state index is 0.104. The van der Waals surface area contributed by atoms with Gasteiger partial charge < -0.3 is 24.9 Å². The number of aryl methyl sites for hydroxylation is 1. The van der Waals surface area contributed by atoms with Crippen molar-refractivity contribution in [1.82, 2.24) is 19.7 Å². The summed E-state index contributed by atoms with van der Waals surface area (Å²) in [6, 6.07) is 17.0. The molecule has 3 aromatic carbocycles. The summed E-state index contributed by atoms with van der Waals surface area (Å²) in [5.74, 6) is 0.157. The number of hydrogen-bond donors (Lipinski definition) is 3. The Morgan fingerprint density at radius 1 is 1.10 bits per heavy atom. The summed E-state index contributed by atoms with van der Waals surface area (Å²) in [4.78, 5) is 19.2. The highest BCUT2D eigenvalue weighted by molar-refractivity contribution is 7.92. The summed E-state index contributed by atoms with van der Waals surface area (Å²) in [5, 5.41) is 5.04. The normalized spacial score (nSPS) is 17.9. The van der Waals surface area contributed by atoms with Gasteiger partial charge in [0.2, 0.25) is 15.8 Å². The van der Waals surface area contributed by atoms with Crippen LogP contribution in [0.2, 0.25) is 0 Å². The molecule has 2 fully saturated rings. The zero-order valence-electron chi connectivity index (χ0n) is 26.4. The van der Waals surface area contributed by atoms with Crippen LogP contribution < -0.4 is 19.9 Å². The van der Waals surface area contributed by atoms with Crippen molar-refractivity contribution in [3.8, 4) is 22.9 Å². The maximum atomic E-state index is 14.1. The zero-order chi connectivity index (χ0) is 33.6. The molecule has 0 aliphatic carbocycles. The number of ether oxygens (including phenoxy) is 3. The number of rotatable bonds is 11. The number of aromatic amines is 1. The van der Waals surface area contributed by atoms with E-state index in [1.54, 1.807) is 54.6 Å². The first-order valence-electron chi connectivity index (χ1n) is 15.6. The van der Waals surface area contributed by atoms with Crippen LogP contribution in [0.25, 0.3) is 16.6 Å². The fraction of sp³-hybridized carbons (Fsp3) is 0.294. The maximum absolute atomic E-state index is 14.1. The number of carbonyl (C=O) groups excluding carboxylic acids is 1. The third kappa shape index (κ3) is 6.33. The molecule has 2 aromatic heterocycles. The Morgan fingerprint density at radius 2 is 1.88 bits per heavy atom. The number of fused-ring (bicyclic) bond motifs is 3. The number of carbonyl (C=O) groups is 1. The van der Waals surface area contributed by atoms with Gasteiger partial charge in [0.25, 0.3) is 0 Å². The van der Waals surface area contributed by atoms with E-state index in [4.69, 9.17) is 19.9 Å². The minimum Gasteiger partial charge on any atom is -0.490 e. The van der Waals surface area contributed by atoms with E-state index < -0.39 is 21.6 Å². The first kappa shape index (κ1) is 31.7. The number of nitrogens with two attached hydrogens (primary N) is 1. The lowest BCUT2D eigenvalue weighted by Gasteiger charge is -2.34. The lowest BCUT2D eigenvalue weighted by atomic mass is 10.1. The van der Waals surface area contributed by atoms with Gasteiger partial charge in [-0.3, -0.25) is 14.4 Å². The largest absolute Gasteiger partial charge is 0.490 e. The Labute approximate surface area is 276 Å². The molecule has 2 aliphatic rings. The predicted octanol–water partition coefficient (Wildman–Crippen LogP) is 5.02. The SMILES string of the molecule is Cc1cc(Oc2ccccc2F)ccc1-n1ncc(C(=O)c2cc3cc(OCCN4[C@@H]5CC[C@H]4COC5)c(NS(C)(=O)=O)cc3[nH]2)c1N. The predicted molar refractivity (Wildman–Crippen MR) is 179 cm³/mol. The molecule has 2 bridgehead atoms. The highest BCUT2D eigenvalue weighted by Gasteiger charge is 2.37. The van der Waals surface area contributed by atoms with E-state index in [1.165, 1.54) is 16.9 Å². The van der Waals surface area contributed by atoms with Gasteiger partial charge >= 0.3 is 0 Å². The summed E-state index contributed by atoms with van der Waals surface area (Å²) in [6.07, 6.45) is 4.66. The van der Waals surface area contributed by atoms with Crippen LogP contribution in [-0.2, 0) is 14.8 Å². The number of anilines is 2. The number of H-pyrrole nitrogens is 1. The number of hydrogen-bond acceptors (Lipinski definition) is 9. The molecule has 5 aromatic rings. The Morgan fingerprint density at radius 3 is 2.60 bits per heavy atom. The van der Waals surface area contributed by atoms with E-state index in [0.29, 0.717) is 66.5 Å². The third-order valence-electron chi connectivity index (χ3n) is 8.77. The van der Waals surface area contributed by atoms with Crippen LogP contribution in [-0.4, -0.2) is 78.6 Å². The highest BCUT2D eigenvalue weighted by Crippen LogP contribution is 2.34. The fourth-order valence-electron chi connectivity index (χ4n) is 6.47. The molecule has 4 N–H and O–H groups in total. The van der Waals surface area contributed by atoms with Crippen molar-refractivity contribution in [3.63, 3.8) is 0 Å². The topological polar surface area (TPSA) is 154 Å². The van der Waals surface area contributed by atoms with Crippen molar-refractivity contribution >= 4 is 38.2 Å². The molecule has 0 radical (unpaired) electrons. The smallest absolute Gasteiger partial charge is 0.229 e. The zero-order valence-corrected chi connectivity index (χ0v) is 27.2. The first-order chi connectivity index (χ1) is 23.0. The molecule has 2 aliphatic heterocycles. The van der Waals surface area contributed by atoms with Gasteiger partial charge in [0.05, 0.1) is 48.3 Å². The summed E-state index contributed by atoms with van der Waals surface area (Å²) >= 11 is 0. The Balaban J connectivity index is 1.12. The van der Waals surface area contributed by atoms with Crippen LogP contribution in [0.4, 0.5) is 15.9 Å². The van der Waals surface area contributed by atoms with Gasteiger partial charge in [-0.05, 0) is 73.9 Å². The van der Waals surface area contributed by atoms with E-state index in [-0.39, 0.29) is 28.5 Å². The number of benzene rings is 3. The Bertz CT molecular complexity index is 2110. The summed E-state index contributed by atoms with van der Waals surface area (Å²) in [7, 11) is -3.62. The Kier molecular flexibility index (Phi) is 8.31. The molecule has 7 rings (SSSR count). The molecule has 48 heavy (non-hydrogen) atoms.